The maximum absolute atomic E-state index is 12.8. The van der Waals surface area contributed by atoms with Crippen molar-refractivity contribution < 1.29 is 4.39 Å². The Morgan fingerprint density at radius 2 is 1.83 bits per heavy atom. The molecule has 18 heavy (non-hydrogen) atoms. The van der Waals surface area contributed by atoms with E-state index < -0.39 is 0 Å². The Labute approximate surface area is 115 Å². The third-order valence-electron chi connectivity index (χ3n) is 3.08. The van der Waals surface area contributed by atoms with Crippen molar-refractivity contribution in [1.82, 2.24) is 0 Å². The molecule has 0 saturated heterocycles. The third kappa shape index (κ3) is 2.98. The van der Waals surface area contributed by atoms with Crippen molar-refractivity contribution in [3.05, 3.63) is 69.4 Å². The molecule has 2 aromatic rings. The van der Waals surface area contributed by atoms with Crippen LogP contribution in [0.2, 0.25) is 0 Å². The molecule has 0 radical (unpaired) electrons. The van der Waals surface area contributed by atoms with Crippen molar-refractivity contribution in [1.29, 1.82) is 0 Å². The lowest BCUT2D eigenvalue weighted by molar-refractivity contribution is 0.625. The van der Waals surface area contributed by atoms with Gasteiger partial charge in [0.25, 0.3) is 0 Å². The van der Waals surface area contributed by atoms with E-state index in [1.54, 1.807) is 12.1 Å². The molecule has 0 aliphatic rings. The highest BCUT2D eigenvalue weighted by molar-refractivity contribution is 9.10. The Hall–Kier alpha value is -1.19. The van der Waals surface area contributed by atoms with E-state index in [0.29, 0.717) is 6.42 Å². The zero-order valence-electron chi connectivity index (χ0n) is 10.2. The summed E-state index contributed by atoms with van der Waals surface area (Å²) in [6, 6.07) is 12.4. The molecule has 0 aromatic heterocycles. The minimum atomic E-state index is -0.217. The molecule has 0 saturated carbocycles. The predicted octanol–water partition coefficient (Wildman–Crippen LogP) is 4.14. The minimum absolute atomic E-state index is 0.0760. The molecule has 2 aromatic carbocycles. The number of nitrogens with two attached hydrogens (primary N) is 1. The summed E-state index contributed by atoms with van der Waals surface area (Å²) < 4.78 is 13.9. The highest BCUT2D eigenvalue weighted by atomic mass is 79.9. The highest BCUT2D eigenvalue weighted by Gasteiger charge is 2.11. The Bertz CT molecular complexity index is 537. The maximum atomic E-state index is 12.8. The molecular weight excluding hydrogens is 293 g/mol. The summed E-state index contributed by atoms with van der Waals surface area (Å²) in [5, 5.41) is 0. The van der Waals surface area contributed by atoms with E-state index in [4.69, 9.17) is 5.73 Å². The van der Waals surface area contributed by atoms with Gasteiger partial charge >= 0.3 is 0 Å². The number of hydrogen-bond acceptors (Lipinski definition) is 1. The van der Waals surface area contributed by atoms with Crippen molar-refractivity contribution in [2.75, 3.05) is 0 Å². The summed E-state index contributed by atoms with van der Waals surface area (Å²) in [6.07, 6.45) is 0.706. The first-order valence-electron chi connectivity index (χ1n) is 5.83. The smallest absolute Gasteiger partial charge is 0.123 e. The summed E-state index contributed by atoms with van der Waals surface area (Å²) in [6.45, 7) is 2.05. The Balaban J connectivity index is 2.19. The maximum Gasteiger partial charge on any atom is 0.123 e. The van der Waals surface area contributed by atoms with Crippen molar-refractivity contribution in [2.45, 2.75) is 19.4 Å². The SMILES string of the molecule is Cc1c(Br)cccc1C(N)Cc1ccc(F)cc1. The quantitative estimate of drug-likeness (QED) is 0.906. The van der Waals surface area contributed by atoms with Crippen molar-refractivity contribution in [3.8, 4) is 0 Å². The molecule has 0 amide bonds. The Kier molecular flexibility index (Phi) is 4.15. The van der Waals surface area contributed by atoms with Crippen LogP contribution in [0.4, 0.5) is 4.39 Å². The molecule has 0 aliphatic heterocycles. The molecule has 94 valence electrons. The summed E-state index contributed by atoms with van der Waals surface area (Å²) in [4.78, 5) is 0. The van der Waals surface area contributed by atoms with Crippen LogP contribution in [0, 0.1) is 12.7 Å². The van der Waals surface area contributed by atoms with Gasteiger partial charge in [-0.2, -0.15) is 0 Å². The number of benzene rings is 2. The number of hydrogen-bond donors (Lipinski definition) is 1. The van der Waals surface area contributed by atoms with E-state index in [-0.39, 0.29) is 11.9 Å². The zero-order valence-corrected chi connectivity index (χ0v) is 11.7. The van der Waals surface area contributed by atoms with Gasteiger partial charge in [-0.05, 0) is 48.2 Å². The average molecular weight is 308 g/mol. The summed E-state index contributed by atoms with van der Waals surface area (Å²) in [5.41, 5.74) is 9.54. The second-order valence-electron chi connectivity index (χ2n) is 4.39. The van der Waals surface area contributed by atoms with E-state index in [9.17, 15) is 4.39 Å². The average Bonchev–Trinajstić information content (AvgIpc) is 2.35. The highest BCUT2D eigenvalue weighted by Crippen LogP contribution is 2.25. The molecule has 2 N–H and O–H groups in total. The molecule has 2 rings (SSSR count). The van der Waals surface area contributed by atoms with Crippen molar-refractivity contribution in [2.24, 2.45) is 5.73 Å². The van der Waals surface area contributed by atoms with Gasteiger partial charge in [-0.25, -0.2) is 4.39 Å². The largest absolute Gasteiger partial charge is 0.324 e. The van der Waals surface area contributed by atoms with Crippen LogP contribution in [0.5, 0.6) is 0 Å². The van der Waals surface area contributed by atoms with E-state index in [2.05, 4.69) is 15.9 Å². The van der Waals surface area contributed by atoms with Gasteiger partial charge in [0.2, 0.25) is 0 Å². The van der Waals surface area contributed by atoms with Crippen LogP contribution in [0.1, 0.15) is 22.7 Å². The first-order valence-corrected chi connectivity index (χ1v) is 6.62. The molecule has 1 unspecified atom stereocenters. The molecular formula is C15H15BrFN. The predicted molar refractivity (Wildman–Crippen MR) is 75.9 cm³/mol. The normalized spacial score (nSPS) is 12.4. The first kappa shape index (κ1) is 13.2. The molecule has 1 atom stereocenters. The zero-order chi connectivity index (χ0) is 13.1. The standard InChI is InChI=1S/C15H15BrFN/c1-10-13(3-2-4-14(10)16)15(18)9-11-5-7-12(17)8-6-11/h2-8,15H,9,18H2,1H3. The van der Waals surface area contributed by atoms with Gasteiger partial charge in [0.05, 0.1) is 0 Å². The topological polar surface area (TPSA) is 26.0 Å². The van der Waals surface area contributed by atoms with Crippen LogP contribution >= 0.6 is 15.9 Å². The van der Waals surface area contributed by atoms with Crippen LogP contribution in [-0.2, 0) is 6.42 Å². The minimum Gasteiger partial charge on any atom is -0.324 e. The molecule has 0 heterocycles. The number of rotatable bonds is 3. The molecule has 3 heteroatoms. The summed E-state index contributed by atoms with van der Waals surface area (Å²) in [7, 11) is 0. The van der Waals surface area contributed by atoms with E-state index in [0.717, 1.165) is 21.2 Å². The molecule has 1 nitrogen and oxygen atoms in total. The summed E-state index contributed by atoms with van der Waals surface area (Å²) >= 11 is 3.50. The van der Waals surface area contributed by atoms with Gasteiger partial charge in [-0.1, -0.05) is 40.2 Å². The monoisotopic (exact) mass is 307 g/mol. The molecule has 0 aliphatic carbocycles. The van der Waals surface area contributed by atoms with Crippen LogP contribution in [0.3, 0.4) is 0 Å². The third-order valence-corrected chi connectivity index (χ3v) is 3.94. The van der Waals surface area contributed by atoms with Gasteiger partial charge in [-0.15, -0.1) is 0 Å². The van der Waals surface area contributed by atoms with Crippen LogP contribution in [0.15, 0.2) is 46.9 Å². The lowest BCUT2D eigenvalue weighted by Gasteiger charge is -2.15. The van der Waals surface area contributed by atoms with Crippen molar-refractivity contribution >= 4 is 15.9 Å². The van der Waals surface area contributed by atoms with E-state index in [1.807, 2.05) is 25.1 Å². The number of halogens is 2. The Morgan fingerprint density at radius 3 is 2.50 bits per heavy atom. The van der Waals surface area contributed by atoms with Crippen LogP contribution in [0.25, 0.3) is 0 Å². The molecule has 0 bridgehead atoms. The van der Waals surface area contributed by atoms with E-state index in [1.165, 1.54) is 12.1 Å². The molecule has 0 fully saturated rings. The second-order valence-corrected chi connectivity index (χ2v) is 5.25. The fourth-order valence-electron chi connectivity index (χ4n) is 2.01. The van der Waals surface area contributed by atoms with Gasteiger partial charge in [0.1, 0.15) is 5.82 Å². The van der Waals surface area contributed by atoms with Crippen molar-refractivity contribution in [3.63, 3.8) is 0 Å². The van der Waals surface area contributed by atoms with Gasteiger partial charge in [0.15, 0.2) is 0 Å². The van der Waals surface area contributed by atoms with Gasteiger partial charge in [-0.3, -0.25) is 0 Å². The Morgan fingerprint density at radius 1 is 1.17 bits per heavy atom. The van der Waals surface area contributed by atoms with Crippen LogP contribution < -0.4 is 5.73 Å². The summed E-state index contributed by atoms with van der Waals surface area (Å²) in [5.74, 6) is -0.217. The lowest BCUT2D eigenvalue weighted by Crippen LogP contribution is -2.14. The molecule has 0 spiro atoms. The lowest BCUT2D eigenvalue weighted by atomic mass is 9.96. The van der Waals surface area contributed by atoms with Crippen LogP contribution in [-0.4, -0.2) is 0 Å². The van der Waals surface area contributed by atoms with Gasteiger partial charge < -0.3 is 5.73 Å². The van der Waals surface area contributed by atoms with Gasteiger partial charge in [0, 0.05) is 10.5 Å². The van der Waals surface area contributed by atoms with E-state index >= 15 is 0 Å². The fourth-order valence-corrected chi connectivity index (χ4v) is 2.39. The second kappa shape index (κ2) is 5.63. The fraction of sp³-hybridized carbons (Fsp3) is 0.200. The first-order chi connectivity index (χ1) is 8.58.